The first kappa shape index (κ1) is 15.6. The maximum absolute atomic E-state index is 12.5. The van der Waals surface area contributed by atoms with Crippen molar-refractivity contribution in [3.8, 4) is 0 Å². The number of hydrogen-bond donors (Lipinski definition) is 1. The second-order valence-electron chi connectivity index (χ2n) is 8.93. The first-order valence-corrected chi connectivity index (χ1v) is 9.24. The number of carbonyl (C=O) groups is 2. The Morgan fingerprint density at radius 1 is 1.04 bits per heavy atom. The van der Waals surface area contributed by atoms with E-state index in [1.54, 1.807) is 0 Å². The van der Waals surface area contributed by atoms with Crippen molar-refractivity contribution in [3.05, 3.63) is 11.1 Å². The van der Waals surface area contributed by atoms with Gasteiger partial charge in [0.25, 0.3) is 0 Å². The number of aliphatic hydroxyl groups is 1. The molecular weight excluding hydrogens is 288 g/mol. The molecule has 3 fully saturated rings. The van der Waals surface area contributed by atoms with Crippen LogP contribution in [-0.4, -0.2) is 22.8 Å². The highest BCUT2D eigenvalue weighted by Crippen LogP contribution is 2.64. The molecule has 0 saturated heterocycles. The Labute approximate surface area is 138 Å². The molecule has 4 rings (SSSR count). The molecular formula is C20H28O3. The largest absolute Gasteiger partial charge is 0.392 e. The van der Waals surface area contributed by atoms with Crippen molar-refractivity contribution in [2.45, 2.75) is 71.8 Å². The van der Waals surface area contributed by atoms with Gasteiger partial charge in [0.15, 0.2) is 5.78 Å². The molecule has 4 aliphatic carbocycles. The number of aliphatic hydroxyl groups excluding tert-OH is 1. The smallest absolute Gasteiger partial charge is 0.158 e. The van der Waals surface area contributed by atoms with Crippen LogP contribution in [0.1, 0.15) is 65.7 Å². The van der Waals surface area contributed by atoms with Crippen LogP contribution in [0.15, 0.2) is 11.1 Å². The van der Waals surface area contributed by atoms with E-state index in [0.29, 0.717) is 30.5 Å². The lowest BCUT2D eigenvalue weighted by atomic mass is 9.46. The number of carbonyl (C=O) groups excluding carboxylic acids is 2. The molecule has 0 amide bonds. The van der Waals surface area contributed by atoms with Crippen LogP contribution in [0.5, 0.6) is 0 Å². The predicted molar refractivity (Wildman–Crippen MR) is 87.7 cm³/mol. The van der Waals surface area contributed by atoms with Crippen LogP contribution in [0, 0.1) is 28.6 Å². The Balaban J connectivity index is 1.75. The molecule has 3 saturated carbocycles. The zero-order valence-corrected chi connectivity index (χ0v) is 14.5. The van der Waals surface area contributed by atoms with Crippen LogP contribution in [0.3, 0.4) is 0 Å². The summed E-state index contributed by atoms with van der Waals surface area (Å²) in [5.74, 6) is 1.69. The number of rotatable bonds is 0. The average Bonchev–Trinajstić information content (AvgIpc) is 2.73. The van der Waals surface area contributed by atoms with Crippen LogP contribution in [0.2, 0.25) is 0 Å². The van der Waals surface area contributed by atoms with Gasteiger partial charge in [0.1, 0.15) is 5.78 Å². The van der Waals surface area contributed by atoms with Gasteiger partial charge < -0.3 is 5.11 Å². The number of allylic oxidation sites excluding steroid dienone is 1. The van der Waals surface area contributed by atoms with E-state index in [2.05, 4.69) is 13.8 Å². The van der Waals surface area contributed by atoms with Crippen molar-refractivity contribution in [1.82, 2.24) is 0 Å². The molecule has 1 unspecified atom stereocenters. The minimum Gasteiger partial charge on any atom is -0.392 e. The van der Waals surface area contributed by atoms with Gasteiger partial charge in [-0.05, 0) is 61.9 Å². The van der Waals surface area contributed by atoms with Crippen LogP contribution >= 0.6 is 0 Å². The van der Waals surface area contributed by atoms with Crippen molar-refractivity contribution in [2.75, 3.05) is 0 Å². The lowest BCUT2D eigenvalue weighted by Crippen LogP contribution is -2.52. The molecule has 1 N–H and O–H groups in total. The summed E-state index contributed by atoms with van der Waals surface area (Å²) in [6.07, 6.45) is 5.49. The van der Waals surface area contributed by atoms with Gasteiger partial charge in [0.05, 0.1) is 6.10 Å². The minimum atomic E-state index is -0.458. The number of Topliss-reactive ketones (excluding diaryl/α,β-unsaturated/α-hetero) is 2. The zero-order chi connectivity index (χ0) is 16.6. The van der Waals surface area contributed by atoms with E-state index in [1.165, 1.54) is 5.57 Å². The predicted octanol–water partition coefficient (Wildman–Crippen LogP) is 3.45. The summed E-state index contributed by atoms with van der Waals surface area (Å²) in [5, 5.41) is 10.6. The quantitative estimate of drug-likeness (QED) is 0.745. The molecule has 0 heterocycles. The Kier molecular flexibility index (Phi) is 3.23. The SMILES string of the molecule is CC1=C2CC[C@@H]3[C@@H](CC[C@]4(C)C(=O)CC(O)[C@@H]34)[C@@]2(C)CCC1=O. The van der Waals surface area contributed by atoms with E-state index in [0.717, 1.165) is 37.7 Å². The maximum atomic E-state index is 12.5. The van der Waals surface area contributed by atoms with Crippen LogP contribution in [-0.2, 0) is 9.59 Å². The van der Waals surface area contributed by atoms with Crippen molar-refractivity contribution in [2.24, 2.45) is 28.6 Å². The van der Waals surface area contributed by atoms with Gasteiger partial charge in [-0.3, -0.25) is 9.59 Å². The zero-order valence-electron chi connectivity index (χ0n) is 14.5. The van der Waals surface area contributed by atoms with Gasteiger partial charge in [-0.1, -0.05) is 19.4 Å². The molecule has 0 spiro atoms. The molecule has 6 atom stereocenters. The van der Waals surface area contributed by atoms with Crippen molar-refractivity contribution in [3.63, 3.8) is 0 Å². The molecule has 0 radical (unpaired) electrons. The van der Waals surface area contributed by atoms with Crippen molar-refractivity contribution in [1.29, 1.82) is 0 Å². The summed E-state index contributed by atoms with van der Waals surface area (Å²) in [6.45, 7) is 6.45. The molecule has 0 bridgehead atoms. The second kappa shape index (κ2) is 4.78. The number of fused-ring (bicyclic) bond motifs is 5. The summed E-state index contributed by atoms with van der Waals surface area (Å²) in [5.41, 5.74) is 2.19. The molecule has 4 aliphatic rings. The highest BCUT2D eigenvalue weighted by Gasteiger charge is 2.62. The number of ketones is 2. The van der Waals surface area contributed by atoms with E-state index in [-0.39, 0.29) is 22.5 Å². The fraction of sp³-hybridized carbons (Fsp3) is 0.800. The normalized spacial score (nSPS) is 49.7. The molecule has 0 aromatic carbocycles. The minimum absolute atomic E-state index is 0.105. The summed E-state index contributed by atoms with van der Waals surface area (Å²) >= 11 is 0. The Morgan fingerprint density at radius 2 is 1.78 bits per heavy atom. The summed E-state index contributed by atoms with van der Waals surface area (Å²) in [7, 11) is 0. The first-order chi connectivity index (χ1) is 10.8. The van der Waals surface area contributed by atoms with Gasteiger partial charge >= 0.3 is 0 Å². The highest BCUT2D eigenvalue weighted by molar-refractivity contribution is 5.96. The van der Waals surface area contributed by atoms with Gasteiger partial charge in [0, 0.05) is 24.2 Å². The number of hydrogen-bond acceptors (Lipinski definition) is 3. The standard InChI is InChI=1S/C20H28O3/c1-11-13-5-4-12-14(19(13,2)9-7-15(11)21)6-8-20(3)17(23)10-16(22)18(12)20/h12,14,16,18,22H,4-10H2,1-3H3/t12-,14-,16?,18-,19+,20-/m1/s1. The lowest BCUT2D eigenvalue weighted by molar-refractivity contribution is -0.134. The molecule has 0 aromatic heterocycles. The molecule has 23 heavy (non-hydrogen) atoms. The summed E-state index contributed by atoms with van der Waals surface area (Å²) < 4.78 is 0. The third-order valence-corrected chi connectivity index (χ3v) is 8.11. The fourth-order valence-corrected chi connectivity index (χ4v) is 6.82. The highest BCUT2D eigenvalue weighted by atomic mass is 16.3. The Bertz CT molecular complexity index is 618. The first-order valence-electron chi connectivity index (χ1n) is 9.24. The van der Waals surface area contributed by atoms with Gasteiger partial charge in [-0.25, -0.2) is 0 Å². The maximum Gasteiger partial charge on any atom is 0.158 e. The second-order valence-corrected chi connectivity index (χ2v) is 8.93. The molecule has 3 nitrogen and oxygen atoms in total. The van der Waals surface area contributed by atoms with E-state index in [1.807, 2.05) is 6.92 Å². The molecule has 3 heteroatoms. The van der Waals surface area contributed by atoms with E-state index >= 15 is 0 Å². The topological polar surface area (TPSA) is 54.4 Å². The van der Waals surface area contributed by atoms with Crippen LogP contribution in [0.4, 0.5) is 0 Å². The monoisotopic (exact) mass is 316 g/mol. The van der Waals surface area contributed by atoms with E-state index in [4.69, 9.17) is 0 Å². The van der Waals surface area contributed by atoms with E-state index in [9.17, 15) is 14.7 Å². The Morgan fingerprint density at radius 3 is 2.52 bits per heavy atom. The third kappa shape index (κ3) is 1.86. The molecule has 126 valence electrons. The summed E-state index contributed by atoms with van der Waals surface area (Å²) in [6, 6.07) is 0. The van der Waals surface area contributed by atoms with Crippen molar-refractivity contribution >= 4 is 11.6 Å². The van der Waals surface area contributed by atoms with E-state index < -0.39 is 6.10 Å². The molecule has 0 aromatic rings. The fourth-order valence-electron chi connectivity index (χ4n) is 6.82. The molecule has 0 aliphatic heterocycles. The Hall–Kier alpha value is -0.960. The van der Waals surface area contributed by atoms with Crippen molar-refractivity contribution < 1.29 is 14.7 Å². The van der Waals surface area contributed by atoms with Crippen LogP contribution in [0.25, 0.3) is 0 Å². The van der Waals surface area contributed by atoms with Gasteiger partial charge in [-0.15, -0.1) is 0 Å². The van der Waals surface area contributed by atoms with Gasteiger partial charge in [-0.2, -0.15) is 0 Å². The van der Waals surface area contributed by atoms with Crippen LogP contribution < -0.4 is 0 Å². The summed E-state index contributed by atoms with van der Waals surface area (Å²) in [4.78, 5) is 24.6. The average molecular weight is 316 g/mol. The third-order valence-electron chi connectivity index (χ3n) is 8.11. The van der Waals surface area contributed by atoms with Gasteiger partial charge in [0.2, 0.25) is 0 Å². The lowest BCUT2D eigenvalue weighted by Gasteiger charge is -2.57.